The van der Waals surface area contributed by atoms with E-state index in [1.165, 1.54) is 12.1 Å². The van der Waals surface area contributed by atoms with Gasteiger partial charge in [0, 0.05) is 6.54 Å². The Balaban J connectivity index is 1.85. The zero-order chi connectivity index (χ0) is 23.8. The SMILES string of the molecule is CCCN1CC2=C(C(=O)N1)[C@@H](c1ccc(C#N)cc1)NC(=O)N2c1cccc(C(F)(F)F)c1. The normalized spacial score (nSPS) is 19.0. The number of carbonyl (C=O) groups excluding carboxylic acids is 2. The number of urea groups is 1. The van der Waals surface area contributed by atoms with Crippen molar-refractivity contribution in [2.24, 2.45) is 0 Å². The van der Waals surface area contributed by atoms with Crippen LogP contribution in [0.25, 0.3) is 0 Å². The fraction of sp³-hybridized carbons (Fsp3) is 0.261. The molecule has 0 saturated carbocycles. The molecule has 1 atom stereocenters. The summed E-state index contributed by atoms with van der Waals surface area (Å²) in [6, 6.07) is 11.4. The number of nitrogens with zero attached hydrogens (tertiary/aromatic N) is 3. The molecule has 0 aliphatic carbocycles. The molecule has 2 aromatic rings. The molecule has 2 heterocycles. The van der Waals surface area contributed by atoms with Crippen LogP contribution in [0.2, 0.25) is 0 Å². The summed E-state index contributed by atoms with van der Waals surface area (Å²) >= 11 is 0. The quantitative estimate of drug-likeness (QED) is 0.733. The highest BCUT2D eigenvalue weighted by Crippen LogP contribution is 2.38. The Bertz CT molecular complexity index is 1170. The van der Waals surface area contributed by atoms with Crippen LogP contribution < -0.4 is 15.6 Å². The van der Waals surface area contributed by atoms with Crippen LogP contribution in [0.15, 0.2) is 59.8 Å². The van der Waals surface area contributed by atoms with E-state index in [2.05, 4.69) is 10.7 Å². The van der Waals surface area contributed by atoms with Crippen molar-refractivity contribution >= 4 is 17.6 Å². The number of hydrogen-bond donors (Lipinski definition) is 2. The Hall–Kier alpha value is -3.84. The summed E-state index contributed by atoms with van der Waals surface area (Å²) < 4.78 is 39.9. The molecule has 0 unspecified atom stereocenters. The van der Waals surface area contributed by atoms with Gasteiger partial charge in [-0.1, -0.05) is 25.1 Å². The Morgan fingerprint density at radius 1 is 1.15 bits per heavy atom. The zero-order valence-corrected chi connectivity index (χ0v) is 17.6. The highest BCUT2D eigenvalue weighted by atomic mass is 19.4. The first-order valence-corrected chi connectivity index (χ1v) is 10.3. The van der Waals surface area contributed by atoms with E-state index in [-0.39, 0.29) is 17.8 Å². The van der Waals surface area contributed by atoms with Crippen molar-refractivity contribution < 1.29 is 22.8 Å². The van der Waals surface area contributed by atoms with Crippen LogP contribution in [0.3, 0.4) is 0 Å². The lowest BCUT2D eigenvalue weighted by Gasteiger charge is -2.42. The third-order valence-electron chi connectivity index (χ3n) is 5.48. The predicted molar refractivity (Wildman–Crippen MR) is 113 cm³/mol. The van der Waals surface area contributed by atoms with Gasteiger partial charge < -0.3 is 5.32 Å². The monoisotopic (exact) mass is 455 g/mol. The molecule has 7 nitrogen and oxygen atoms in total. The minimum absolute atomic E-state index is 0.0132. The number of hydrogen-bond acceptors (Lipinski definition) is 4. The fourth-order valence-corrected chi connectivity index (χ4v) is 4.01. The number of nitriles is 1. The van der Waals surface area contributed by atoms with Crippen molar-refractivity contribution in [1.29, 1.82) is 5.26 Å². The summed E-state index contributed by atoms with van der Waals surface area (Å²) in [6.45, 7) is 2.57. The Morgan fingerprint density at radius 2 is 1.88 bits per heavy atom. The smallest absolute Gasteiger partial charge is 0.326 e. The van der Waals surface area contributed by atoms with E-state index in [4.69, 9.17) is 5.26 Å². The maximum absolute atomic E-state index is 13.3. The van der Waals surface area contributed by atoms with Gasteiger partial charge in [-0.2, -0.15) is 18.4 Å². The van der Waals surface area contributed by atoms with E-state index in [1.54, 1.807) is 29.3 Å². The second-order valence-electron chi connectivity index (χ2n) is 7.72. The van der Waals surface area contributed by atoms with Crippen LogP contribution in [-0.2, 0) is 11.0 Å². The molecule has 4 rings (SSSR count). The molecular formula is C23H20F3N5O2. The molecule has 10 heteroatoms. The summed E-state index contributed by atoms with van der Waals surface area (Å²) in [4.78, 5) is 27.4. The van der Waals surface area contributed by atoms with Crippen LogP contribution in [0.5, 0.6) is 0 Å². The van der Waals surface area contributed by atoms with Gasteiger partial charge in [-0.05, 0) is 42.3 Å². The second kappa shape index (κ2) is 8.60. The number of hydrazine groups is 1. The van der Waals surface area contributed by atoms with Gasteiger partial charge in [0.05, 0.1) is 46.7 Å². The first kappa shape index (κ1) is 22.4. The first-order valence-electron chi connectivity index (χ1n) is 10.3. The van der Waals surface area contributed by atoms with Crippen molar-refractivity contribution in [2.75, 3.05) is 18.0 Å². The van der Waals surface area contributed by atoms with E-state index in [0.717, 1.165) is 23.5 Å². The number of halogens is 3. The average Bonchev–Trinajstić information content (AvgIpc) is 2.78. The molecule has 0 bridgehead atoms. The van der Waals surface area contributed by atoms with Gasteiger partial charge in [0.15, 0.2) is 0 Å². The average molecular weight is 455 g/mol. The fourth-order valence-electron chi connectivity index (χ4n) is 4.01. The summed E-state index contributed by atoms with van der Waals surface area (Å²) in [7, 11) is 0. The minimum Gasteiger partial charge on any atom is -0.326 e. The molecular weight excluding hydrogens is 435 g/mol. The minimum atomic E-state index is -4.58. The largest absolute Gasteiger partial charge is 0.416 e. The highest BCUT2D eigenvalue weighted by molar-refractivity contribution is 6.05. The molecule has 0 radical (unpaired) electrons. The van der Waals surface area contributed by atoms with Gasteiger partial charge in [-0.25, -0.2) is 9.80 Å². The van der Waals surface area contributed by atoms with Gasteiger partial charge >= 0.3 is 12.2 Å². The Labute approximate surface area is 188 Å². The van der Waals surface area contributed by atoms with E-state index in [0.29, 0.717) is 23.4 Å². The maximum Gasteiger partial charge on any atom is 0.416 e. The van der Waals surface area contributed by atoms with Gasteiger partial charge in [0.2, 0.25) is 0 Å². The third kappa shape index (κ3) is 4.27. The number of benzene rings is 2. The molecule has 0 spiro atoms. The summed E-state index contributed by atoms with van der Waals surface area (Å²) in [5.41, 5.74) is 3.46. The van der Waals surface area contributed by atoms with E-state index < -0.39 is 29.7 Å². The van der Waals surface area contributed by atoms with Gasteiger partial charge in [0.1, 0.15) is 0 Å². The number of nitrogens with one attached hydrogen (secondary N) is 2. The van der Waals surface area contributed by atoms with Crippen molar-refractivity contribution in [3.05, 3.63) is 76.5 Å². The molecule has 33 heavy (non-hydrogen) atoms. The topological polar surface area (TPSA) is 88.5 Å². The molecule has 0 aromatic heterocycles. The standard InChI is InChI=1S/C23H20F3N5O2/c1-2-10-30-13-18-19(21(32)29-30)20(15-8-6-14(12-27)7-9-15)28-22(33)31(18)17-5-3-4-16(11-17)23(24,25)26/h3-9,11,20H,2,10,13H2,1H3,(H,28,33)(H,29,32)/t20-/m1/s1. The molecule has 2 N–H and O–H groups in total. The van der Waals surface area contributed by atoms with Crippen LogP contribution in [0, 0.1) is 11.3 Å². The molecule has 2 aliphatic rings. The molecule has 2 aliphatic heterocycles. The number of amides is 3. The van der Waals surface area contributed by atoms with E-state index >= 15 is 0 Å². The van der Waals surface area contributed by atoms with Gasteiger partial charge in [-0.3, -0.25) is 15.1 Å². The molecule has 0 saturated heterocycles. The third-order valence-corrected chi connectivity index (χ3v) is 5.48. The lowest BCUT2D eigenvalue weighted by Crippen LogP contribution is -2.58. The highest BCUT2D eigenvalue weighted by Gasteiger charge is 2.42. The molecule has 170 valence electrons. The summed E-state index contributed by atoms with van der Waals surface area (Å²) in [5.74, 6) is -0.448. The molecule has 0 fully saturated rings. The predicted octanol–water partition coefficient (Wildman–Crippen LogP) is 3.86. The van der Waals surface area contributed by atoms with Crippen LogP contribution in [0.4, 0.5) is 23.7 Å². The van der Waals surface area contributed by atoms with Crippen LogP contribution in [-0.4, -0.2) is 30.0 Å². The summed E-state index contributed by atoms with van der Waals surface area (Å²) in [5, 5.41) is 13.4. The van der Waals surface area contributed by atoms with Crippen LogP contribution in [0.1, 0.15) is 36.1 Å². The van der Waals surface area contributed by atoms with Crippen molar-refractivity contribution in [2.45, 2.75) is 25.6 Å². The lowest BCUT2D eigenvalue weighted by molar-refractivity contribution is -0.137. The van der Waals surface area contributed by atoms with Crippen molar-refractivity contribution in [1.82, 2.24) is 15.8 Å². The van der Waals surface area contributed by atoms with E-state index in [9.17, 15) is 22.8 Å². The molecule has 2 aromatic carbocycles. The lowest BCUT2D eigenvalue weighted by atomic mass is 9.92. The van der Waals surface area contributed by atoms with Crippen molar-refractivity contribution in [3.8, 4) is 6.07 Å². The van der Waals surface area contributed by atoms with Crippen LogP contribution >= 0.6 is 0 Å². The number of anilines is 1. The summed E-state index contributed by atoms with van der Waals surface area (Å²) in [6.07, 6.45) is -3.86. The number of carbonyl (C=O) groups is 2. The van der Waals surface area contributed by atoms with Crippen molar-refractivity contribution in [3.63, 3.8) is 0 Å². The first-order chi connectivity index (χ1) is 15.7. The number of alkyl halides is 3. The van der Waals surface area contributed by atoms with Gasteiger partial charge in [-0.15, -0.1) is 0 Å². The zero-order valence-electron chi connectivity index (χ0n) is 17.6. The molecule has 3 amide bonds. The maximum atomic E-state index is 13.3. The Morgan fingerprint density at radius 3 is 2.52 bits per heavy atom. The van der Waals surface area contributed by atoms with Gasteiger partial charge in [0.25, 0.3) is 5.91 Å². The number of rotatable bonds is 4. The Kier molecular flexibility index (Phi) is 5.82. The van der Waals surface area contributed by atoms with E-state index in [1.807, 2.05) is 13.0 Å². The second-order valence-corrected chi connectivity index (χ2v) is 7.72.